The second-order valence-corrected chi connectivity index (χ2v) is 13.0. The minimum atomic E-state index is -0.299. The summed E-state index contributed by atoms with van der Waals surface area (Å²) in [5, 5.41) is 17.2. The standard InChI is InChI=1S/C28H44N4O4/c33-24-20-12-18-13-21(24)16-28(14-18,15-20)26(35)30-23-6-3-9-32(17-23)27(36)31-10-7-22(8-11-31)29-25(34)19-4-1-2-5-19/h18-24,33H,1-17H2,(H,29,34)(H,30,35). The second kappa shape index (κ2) is 9.80. The van der Waals surface area contributed by atoms with Gasteiger partial charge in [0.05, 0.1) is 11.5 Å². The van der Waals surface area contributed by atoms with E-state index < -0.39 is 0 Å². The van der Waals surface area contributed by atoms with Crippen molar-refractivity contribution in [2.75, 3.05) is 26.2 Å². The number of carbonyl (C=O) groups excluding carboxylic acids is 3. The highest BCUT2D eigenvalue weighted by atomic mass is 16.3. The van der Waals surface area contributed by atoms with Gasteiger partial charge in [-0.1, -0.05) is 12.8 Å². The Morgan fingerprint density at radius 1 is 0.750 bits per heavy atom. The van der Waals surface area contributed by atoms with E-state index in [1.807, 2.05) is 9.80 Å². The van der Waals surface area contributed by atoms with Crippen LogP contribution in [0.1, 0.15) is 83.5 Å². The Kier molecular flexibility index (Phi) is 6.67. The summed E-state index contributed by atoms with van der Waals surface area (Å²) in [6, 6.07) is 0.262. The SMILES string of the molecule is O=C(NC1CCN(C(=O)N2CCCC(NC(=O)C34CC5CC(C3)C(O)C(C5)C4)C2)CC1)C1CCCC1. The zero-order valence-electron chi connectivity index (χ0n) is 21.6. The fraction of sp³-hybridized carbons (Fsp3) is 0.893. The molecule has 5 saturated carbocycles. The molecule has 0 aromatic carbocycles. The molecule has 200 valence electrons. The quantitative estimate of drug-likeness (QED) is 0.552. The second-order valence-electron chi connectivity index (χ2n) is 13.0. The number of likely N-dealkylation sites (tertiary alicyclic amines) is 2. The Morgan fingerprint density at radius 3 is 2.14 bits per heavy atom. The number of urea groups is 1. The molecule has 0 spiro atoms. The van der Waals surface area contributed by atoms with Crippen molar-refractivity contribution in [1.29, 1.82) is 0 Å². The molecular weight excluding hydrogens is 456 g/mol. The smallest absolute Gasteiger partial charge is 0.320 e. The molecule has 0 aromatic rings. The highest BCUT2D eigenvalue weighted by molar-refractivity contribution is 5.84. The summed E-state index contributed by atoms with van der Waals surface area (Å²) >= 11 is 0. The van der Waals surface area contributed by atoms with Gasteiger partial charge in [0.1, 0.15) is 0 Å². The molecule has 3 unspecified atom stereocenters. The molecule has 4 bridgehead atoms. The molecule has 2 aliphatic heterocycles. The number of nitrogens with zero attached hydrogens (tertiary/aromatic N) is 2. The van der Waals surface area contributed by atoms with Crippen molar-refractivity contribution in [2.45, 2.75) is 102 Å². The summed E-state index contributed by atoms with van der Waals surface area (Å²) in [5.41, 5.74) is -0.299. The Labute approximate surface area is 214 Å². The molecule has 5 aliphatic carbocycles. The van der Waals surface area contributed by atoms with Crippen molar-refractivity contribution in [2.24, 2.45) is 29.1 Å². The van der Waals surface area contributed by atoms with Crippen molar-refractivity contribution in [3.63, 3.8) is 0 Å². The van der Waals surface area contributed by atoms with E-state index in [2.05, 4.69) is 10.6 Å². The average Bonchev–Trinajstić information content (AvgIpc) is 3.42. The molecule has 36 heavy (non-hydrogen) atoms. The zero-order chi connectivity index (χ0) is 24.9. The number of hydrogen-bond donors (Lipinski definition) is 3. The van der Waals surface area contributed by atoms with Gasteiger partial charge in [-0.05, 0) is 88.4 Å². The molecule has 7 aliphatic rings. The van der Waals surface area contributed by atoms with Gasteiger partial charge in [-0.2, -0.15) is 0 Å². The van der Waals surface area contributed by atoms with Gasteiger partial charge in [-0.25, -0.2) is 4.79 Å². The minimum Gasteiger partial charge on any atom is -0.393 e. The topological polar surface area (TPSA) is 102 Å². The number of rotatable bonds is 4. The number of aliphatic hydroxyl groups is 1. The van der Waals surface area contributed by atoms with E-state index in [0.29, 0.717) is 25.6 Å². The van der Waals surface area contributed by atoms with E-state index in [1.54, 1.807) is 0 Å². The van der Waals surface area contributed by atoms with E-state index in [4.69, 9.17) is 0 Å². The third-order valence-electron chi connectivity index (χ3n) is 10.6. The number of carbonyl (C=O) groups is 3. The molecule has 8 heteroatoms. The van der Waals surface area contributed by atoms with E-state index >= 15 is 0 Å². The van der Waals surface area contributed by atoms with Gasteiger partial charge in [0.2, 0.25) is 11.8 Å². The maximum absolute atomic E-state index is 13.5. The maximum atomic E-state index is 13.5. The van der Waals surface area contributed by atoms with E-state index in [9.17, 15) is 19.5 Å². The van der Waals surface area contributed by atoms with Gasteiger partial charge in [0.15, 0.2) is 0 Å². The van der Waals surface area contributed by atoms with E-state index in [0.717, 1.165) is 90.0 Å². The average molecular weight is 501 g/mol. The van der Waals surface area contributed by atoms with Gasteiger partial charge >= 0.3 is 6.03 Å². The van der Waals surface area contributed by atoms with Crippen LogP contribution in [0.4, 0.5) is 4.79 Å². The van der Waals surface area contributed by atoms with E-state index in [-0.39, 0.29) is 59.2 Å². The molecule has 0 radical (unpaired) electrons. The number of aliphatic hydroxyl groups excluding tert-OH is 1. The Balaban J connectivity index is 0.988. The Morgan fingerprint density at radius 2 is 1.44 bits per heavy atom. The molecule has 2 saturated heterocycles. The van der Waals surface area contributed by atoms with Crippen LogP contribution in [0.5, 0.6) is 0 Å². The van der Waals surface area contributed by atoms with Crippen LogP contribution in [0.15, 0.2) is 0 Å². The fourth-order valence-electron chi connectivity index (χ4n) is 8.80. The van der Waals surface area contributed by atoms with Gasteiger partial charge < -0.3 is 25.5 Å². The highest BCUT2D eigenvalue weighted by Gasteiger charge is 2.58. The van der Waals surface area contributed by atoms with Crippen LogP contribution in [0.2, 0.25) is 0 Å². The maximum Gasteiger partial charge on any atom is 0.320 e. The molecule has 8 nitrogen and oxygen atoms in total. The molecule has 4 amide bonds. The van der Waals surface area contributed by atoms with Crippen molar-refractivity contribution in [3.8, 4) is 0 Å². The number of amides is 4. The Hall–Kier alpha value is -1.83. The van der Waals surface area contributed by atoms with Crippen molar-refractivity contribution < 1.29 is 19.5 Å². The predicted molar refractivity (Wildman–Crippen MR) is 135 cm³/mol. The zero-order valence-corrected chi connectivity index (χ0v) is 21.6. The van der Waals surface area contributed by atoms with Gasteiger partial charge in [0.25, 0.3) is 0 Å². The first-order chi connectivity index (χ1) is 17.4. The van der Waals surface area contributed by atoms with E-state index in [1.165, 1.54) is 0 Å². The van der Waals surface area contributed by atoms with Crippen molar-refractivity contribution in [3.05, 3.63) is 0 Å². The van der Waals surface area contributed by atoms with Crippen LogP contribution in [0.25, 0.3) is 0 Å². The van der Waals surface area contributed by atoms with Crippen LogP contribution < -0.4 is 10.6 Å². The molecule has 7 fully saturated rings. The molecule has 7 rings (SSSR count). The summed E-state index contributed by atoms with van der Waals surface area (Å²) < 4.78 is 0. The van der Waals surface area contributed by atoms with Crippen LogP contribution in [0, 0.1) is 29.1 Å². The predicted octanol–water partition coefficient (Wildman–Crippen LogP) is 2.64. The number of piperidine rings is 2. The largest absolute Gasteiger partial charge is 0.393 e. The first-order valence-electron chi connectivity index (χ1n) is 14.7. The number of nitrogens with one attached hydrogen (secondary N) is 2. The lowest BCUT2D eigenvalue weighted by atomic mass is 9.48. The van der Waals surface area contributed by atoms with Crippen LogP contribution >= 0.6 is 0 Å². The molecule has 0 aromatic heterocycles. The normalized spacial score (nSPS) is 38.9. The first-order valence-corrected chi connectivity index (χ1v) is 14.7. The van der Waals surface area contributed by atoms with Crippen LogP contribution in [-0.2, 0) is 9.59 Å². The monoisotopic (exact) mass is 500 g/mol. The lowest BCUT2D eigenvalue weighted by molar-refractivity contribution is -0.164. The summed E-state index contributed by atoms with van der Waals surface area (Å²) in [6.45, 7) is 2.68. The van der Waals surface area contributed by atoms with Crippen LogP contribution in [-0.4, -0.2) is 77.1 Å². The highest BCUT2D eigenvalue weighted by Crippen LogP contribution is 2.60. The fourth-order valence-corrected chi connectivity index (χ4v) is 8.80. The third-order valence-corrected chi connectivity index (χ3v) is 10.6. The minimum absolute atomic E-state index is 0.0105. The lowest BCUT2D eigenvalue weighted by Gasteiger charge is -2.58. The third kappa shape index (κ3) is 4.63. The van der Waals surface area contributed by atoms with Crippen LogP contribution in [0.3, 0.4) is 0 Å². The summed E-state index contributed by atoms with van der Waals surface area (Å²) in [6.07, 6.45) is 12.4. The van der Waals surface area contributed by atoms with Crippen molar-refractivity contribution in [1.82, 2.24) is 20.4 Å². The molecular formula is C28H44N4O4. The molecule has 2 heterocycles. The first kappa shape index (κ1) is 24.5. The van der Waals surface area contributed by atoms with Crippen molar-refractivity contribution >= 4 is 17.8 Å². The summed E-state index contributed by atoms with van der Waals surface area (Å²) in [5.74, 6) is 1.74. The molecule has 3 atom stereocenters. The molecule has 3 N–H and O–H groups in total. The van der Waals surface area contributed by atoms with Gasteiger partial charge in [-0.3, -0.25) is 9.59 Å². The lowest BCUT2D eigenvalue weighted by Crippen LogP contribution is -2.61. The summed E-state index contributed by atoms with van der Waals surface area (Å²) in [7, 11) is 0. The summed E-state index contributed by atoms with van der Waals surface area (Å²) in [4.78, 5) is 43.2. The Bertz CT molecular complexity index is 850. The number of hydrogen-bond acceptors (Lipinski definition) is 4. The van der Waals surface area contributed by atoms with Gasteiger partial charge in [0, 0.05) is 44.2 Å². The van der Waals surface area contributed by atoms with Gasteiger partial charge in [-0.15, -0.1) is 0 Å².